The third-order valence-corrected chi connectivity index (χ3v) is 7.36. The van der Waals surface area contributed by atoms with E-state index in [4.69, 9.17) is 0 Å². The van der Waals surface area contributed by atoms with Crippen molar-refractivity contribution in [2.45, 2.75) is 22.6 Å². The van der Waals surface area contributed by atoms with Crippen molar-refractivity contribution in [3.8, 4) is 0 Å². The molecule has 0 bridgehead atoms. The van der Waals surface area contributed by atoms with E-state index in [1.54, 1.807) is 11.8 Å². The molecule has 2 aromatic carbocycles. The van der Waals surface area contributed by atoms with Crippen molar-refractivity contribution in [1.29, 1.82) is 0 Å². The Morgan fingerprint density at radius 3 is 2.67 bits per heavy atom. The molecule has 9 heteroatoms. The number of hydrogen-bond donors (Lipinski definition) is 1. The fourth-order valence-electron chi connectivity index (χ4n) is 2.51. The van der Waals surface area contributed by atoms with Crippen molar-refractivity contribution in [3.63, 3.8) is 0 Å². The van der Waals surface area contributed by atoms with Crippen LogP contribution in [0.2, 0.25) is 0 Å². The van der Waals surface area contributed by atoms with Crippen LogP contribution in [-0.4, -0.2) is 31.3 Å². The van der Waals surface area contributed by atoms with Crippen LogP contribution in [0.4, 0.5) is 9.52 Å². The maximum absolute atomic E-state index is 12.9. The number of carbonyl (C=O) groups excluding carboxylic acids is 1. The summed E-state index contributed by atoms with van der Waals surface area (Å²) in [6.07, 6.45) is 2.20. The van der Waals surface area contributed by atoms with Gasteiger partial charge in [-0.1, -0.05) is 17.4 Å². The van der Waals surface area contributed by atoms with Crippen molar-refractivity contribution >= 4 is 54.2 Å². The molecular formula is C18H17FN2O3S3. The Hall–Kier alpha value is -1.97. The van der Waals surface area contributed by atoms with Crippen LogP contribution in [0.25, 0.3) is 10.2 Å². The molecule has 0 unspecified atom stereocenters. The minimum absolute atomic E-state index is 0.0556. The van der Waals surface area contributed by atoms with Crippen molar-refractivity contribution < 1.29 is 17.6 Å². The number of anilines is 1. The number of hydrogen-bond acceptors (Lipinski definition) is 6. The number of sulfone groups is 1. The lowest BCUT2D eigenvalue weighted by molar-refractivity contribution is -0.116. The number of amides is 1. The topological polar surface area (TPSA) is 76.1 Å². The first kappa shape index (κ1) is 19.8. The molecular weight excluding hydrogens is 407 g/mol. The Labute approximate surface area is 164 Å². The van der Waals surface area contributed by atoms with Crippen LogP contribution in [0.5, 0.6) is 0 Å². The zero-order valence-electron chi connectivity index (χ0n) is 14.4. The molecule has 1 amide bonds. The molecule has 0 saturated carbocycles. The number of benzene rings is 2. The monoisotopic (exact) mass is 424 g/mol. The summed E-state index contributed by atoms with van der Waals surface area (Å²) < 4.78 is 38.3. The highest BCUT2D eigenvalue weighted by Crippen LogP contribution is 2.32. The average molecular weight is 425 g/mol. The number of para-hydroxylation sites is 1. The number of nitrogens with zero attached hydrogens (tertiary/aromatic N) is 1. The fourth-order valence-corrected chi connectivity index (χ4v) is 5.35. The Kier molecular flexibility index (Phi) is 6.13. The van der Waals surface area contributed by atoms with Gasteiger partial charge in [0.2, 0.25) is 5.91 Å². The number of carbonyl (C=O) groups is 1. The van der Waals surface area contributed by atoms with Gasteiger partial charge >= 0.3 is 0 Å². The summed E-state index contributed by atoms with van der Waals surface area (Å²) in [7, 11) is -3.54. The van der Waals surface area contributed by atoms with E-state index < -0.39 is 15.7 Å². The molecule has 0 saturated heterocycles. The van der Waals surface area contributed by atoms with E-state index in [2.05, 4.69) is 10.3 Å². The number of rotatable bonds is 7. The van der Waals surface area contributed by atoms with E-state index in [1.807, 2.05) is 24.5 Å². The number of thioether (sulfide) groups is 1. The maximum atomic E-state index is 12.9. The Morgan fingerprint density at radius 1 is 1.22 bits per heavy atom. The summed E-state index contributed by atoms with van der Waals surface area (Å²) in [4.78, 5) is 17.7. The van der Waals surface area contributed by atoms with Gasteiger partial charge in [-0.25, -0.2) is 17.8 Å². The molecule has 0 fully saturated rings. The molecule has 1 aromatic heterocycles. The van der Waals surface area contributed by atoms with E-state index in [0.29, 0.717) is 5.13 Å². The van der Waals surface area contributed by atoms with Gasteiger partial charge in [0.15, 0.2) is 15.0 Å². The van der Waals surface area contributed by atoms with Gasteiger partial charge < -0.3 is 5.32 Å². The van der Waals surface area contributed by atoms with Crippen LogP contribution in [-0.2, 0) is 14.6 Å². The Morgan fingerprint density at radius 2 is 1.96 bits per heavy atom. The molecule has 142 valence electrons. The lowest BCUT2D eigenvalue weighted by Gasteiger charge is -2.04. The highest BCUT2D eigenvalue weighted by molar-refractivity contribution is 7.98. The van der Waals surface area contributed by atoms with E-state index in [0.717, 1.165) is 27.2 Å². The van der Waals surface area contributed by atoms with Crippen LogP contribution in [0.1, 0.15) is 12.8 Å². The van der Waals surface area contributed by atoms with Gasteiger partial charge in [0, 0.05) is 11.3 Å². The predicted molar refractivity (Wildman–Crippen MR) is 108 cm³/mol. The maximum Gasteiger partial charge on any atom is 0.226 e. The van der Waals surface area contributed by atoms with Crippen LogP contribution >= 0.6 is 23.1 Å². The first-order valence-electron chi connectivity index (χ1n) is 8.11. The Bertz CT molecular complexity index is 1060. The standard InChI is InChI=1S/C18H17FN2O3S3/c1-25-14-4-2-5-15-17(14)21-18(26-15)20-16(22)6-3-11-27(23,24)13-9-7-12(19)8-10-13/h2,4-5,7-10H,3,6,11H2,1H3,(H,20,21,22). The van der Waals surface area contributed by atoms with E-state index in [1.165, 1.54) is 23.5 Å². The second kappa shape index (κ2) is 8.37. The molecule has 0 aliphatic heterocycles. The largest absolute Gasteiger partial charge is 0.302 e. The second-order valence-corrected chi connectivity index (χ2v) is 9.74. The van der Waals surface area contributed by atoms with Crippen molar-refractivity contribution in [3.05, 3.63) is 48.3 Å². The molecule has 0 spiro atoms. The highest BCUT2D eigenvalue weighted by Gasteiger charge is 2.16. The zero-order chi connectivity index (χ0) is 19.4. The normalized spacial score (nSPS) is 11.6. The van der Waals surface area contributed by atoms with E-state index in [-0.39, 0.29) is 29.4 Å². The van der Waals surface area contributed by atoms with Crippen LogP contribution in [0, 0.1) is 5.82 Å². The minimum atomic E-state index is -3.54. The summed E-state index contributed by atoms with van der Waals surface area (Å²) in [6.45, 7) is 0. The number of halogens is 1. The molecule has 1 heterocycles. The van der Waals surface area contributed by atoms with Gasteiger partial charge in [-0.2, -0.15) is 0 Å². The smallest absolute Gasteiger partial charge is 0.226 e. The SMILES string of the molecule is CSc1cccc2sc(NC(=O)CCCS(=O)(=O)c3ccc(F)cc3)nc12. The van der Waals surface area contributed by atoms with Crippen LogP contribution < -0.4 is 5.32 Å². The molecule has 1 N–H and O–H groups in total. The third-order valence-electron chi connectivity index (χ3n) is 3.84. The van der Waals surface area contributed by atoms with Gasteiger partial charge in [-0.05, 0) is 49.1 Å². The first-order valence-corrected chi connectivity index (χ1v) is 11.8. The molecule has 0 radical (unpaired) electrons. The summed E-state index contributed by atoms with van der Waals surface area (Å²) in [5, 5.41) is 3.23. The second-order valence-electron chi connectivity index (χ2n) is 5.75. The van der Waals surface area contributed by atoms with E-state index >= 15 is 0 Å². The molecule has 3 rings (SSSR count). The number of aromatic nitrogens is 1. The van der Waals surface area contributed by atoms with E-state index in [9.17, 15) is 17.6 Å². The molecule has 0 aliphatic carbocycles. The Balaban J connectivity index is 1.58. The quantitative estimate of drug-likeness (QED) is 0.451. The van der Waals surface area contributed by atoms with Crippen LogP contribution in [0.15, 0.2) is 52.3 Å². The number of thiazole rings is 1. The molecule has 5 nitrogen and oxygen atoms in total. The summed E-state index contributed by atoms with van der Waals surface area (Å²) in [5.74, 6) is -0.953. The lowest BCUT2D eigenvalue weighted by atomic mass is 10.3. The van der Waals surface area contributed by atoms with Gasteiger partial charge in [0.25, 0.3) is 0 Å². The zero-order valence-corrected chi connectivity index (χ0v) is 16.9. The van der Waals surface area contributed by atoms with Crippen LogP contribution in [0.3, 0.4) is 0 Å². The number of fused-ring (bicyclic) bond motifs is 1. The summed E-state index contributed by atoms with van der Waals surface area (Å²) >= 11 is 2.97. The van der Waals surface area contributed by atoms with Gasteiger partial charge in [0.05, 0.1) is 20.9 Å². The lowest BCUT2D eigenvalue weighted by Crippen LogP contribution is -2.14. The van der Waals surface area contributed by atoms with Gasteiger partial charge in [-0.15, -0.1) is 11.8 Å². The predicted octanol–water partition coefficient (Wildman–Crippen LogP) is 4.35. The molecule has 0 aliphatic rings. The fraction of sp³-hybridized carbons (Fsp3) is 0.222. The minimum Gasteiger partial charge on any atom is -0.302 e. The highest BCUT2D eigenvalue weighted by atomic mass is 32.2. The van der Waals surface area contributed by atoms with Gasteiger partial charge in [0.1, 0.15) is 5.82 Å². The summed E-state index contributed by atoms with van der Waals surface area (Å²) in [6, 6.07) is 10.5. The summed E-state index contributed by atoms with van der Waals surface area (Å²) in [5.41, 5.74) is 0.851. The molecule has 3 aromatic rings. The number of nitrogens with one attached hydrogen (secondary N) is 1. The van der Waals surface area contributed by atoms with Crippen molar-refractivity contribution in [2.75, 3.05) is 17.3 Å². The molecule has 0 atom stereocenters. The molecule has 27 heavy (non-hydrogen) atoms. The van der Waals surface area contributed by atoms with Gasteiger partial charge in [-0.3, -0.25) is 4.79 Å². The first-order chi connectivity index (χ1) is 12.9. The average Bonchev–Trinajstić information content (AvgIpc) is 3.04. The van der Waals surface area contributed by atoms with Crippen molar-refractivity contribution in [1.82, 2.24) is 4.98 Å². The third kappa shape index (κ3) is 4.85. The van der Waals surface area contributed by atoms with Crippen molar-refractivity contribution in [2.24, 2.45) is 0 Å².